The van der Waals surface area contributed by atoms with Gasteiger partial charge in [-0.25, -0.2) is 0 Å². The highest BCUT2D eigenvalue weighted by atomic mass is 127. The van der Waals surface area contributed by atoms with E-state index in [0.717, 1.165) is 11.8 Å². The summed E-state index contributed by atoms with van der Waals surface area (Å²) in [4.78, 5) is 25.8. The molecule has 1 saturated heterocycles. The number of aromatic hydroxyl groups is 1. The van der Waals surface area contributed by atoms with Crippen LogP contribution in [0.1, 0.15) is 25.8 Å². The molecule has 2 amide bonds. The fraction of sp³-hybridized carbons (Fsp3) is 0.286. The average molecular weight is 438 g/mol. The van der Waals surface area contributed by atoms with Crippen LogP contribution in [-0.2, 0) is 4.79 Å². The summed E-state index contributed by atoms with van der Waals surface area (Å²) >= 11 is 8.80. The number of carbonyl (C=O) groups excluding carboxylic acids is 2. The quantitative estimate of drug-likeness (QED) is 0.559. The Morgan fingerprint density at radius 3 is 2.76 bits per heavy atom. The summed E-state index contributed by atoms with van der Waals surface area (Å²) in [5.41, 5.74) is 0.432. The van der Waals surface area contributed by atoms with Crippen molar-refractivity contribution >= 4 is 63.2 Å². The molecule has 0 aromatic heterocycles. The number of imide groups is 1. The van der Waals surface area contributed by atoms with E-state index >= 15 is 0 Å². The second kappa shape index (κ2) is 6.58. The summed E-state index contributed by atoms with van der Waals surface area (Å²) in [7, 11) is 0. The molecule has 0 saturated carbocycles. The monoisotopic (exact) mass is 437 g/mol. The first-order valence-electron chi connectivity index (χ1n) is 6.30. The molecule has 4 nitrogen and oxygen atoms in total. The summed E-state index contributed by atoms with van der Waals surface area (Å²) in [6.07, 6.45) is 2.21. The van der Waals surface area contributed by atoms with Gasteiger partial charge in [0.25, 0.3) is 11.1 Å². The number of rotatable bonds is 3. The molecule has 0 unspecified atom stereocenters. The second-order valence-corrected chi connectivity index (χ2v) is 7.23. The van der Waals surface area contributed by atoms with Gasteiger partial charge in [-0.2, -0.15) is 0 Å². The number of benzene rings is 1. The molecule has 1 aromatic carbocycles. The second-order valence-electron chi connectivity index (χ2n) is 4.63. The molecular weight excluding hydrogens is 425 g/mol. The third-order valence-electron chi connectivity index (χ3n) is 3.20. The molecule has 0 spiro atoms. The van der Waals surface area contributed by atoms with Gasteiger partial charge in [-0.3, -0.25) is 14.5 Å². The first kappa shape index (κ1) is 16.6. The van der Waals surface area contributed by atoms with E-state index in [-0.39, 0.29) is 22.9 Å². The van der Waals surface area contributed by atoms with E-state index in [0.29, 0.717) is 25.5 Å². The lowest BCUT2D eigenvalue weighted by molar-refractivity contribution is -0.124. The van der Waals surface area contributed by atoms with Crippen LogP contribution in [0.4, 0.5) is 4.79 Å². The zero-order valence-corrected chi connectivity index (χ0v) is 15.1. The third-order valence-corrected chi connectivity index (χ3v) is 5.12. The van der Waals surface area contributed by atoms with Gasteiger partial charge in [0.2, 0.25) is 0 Å². The van der Waals surface area contributed by atoms with Gasteiger partial charge >= 0.3 is 0 Å². The van der Waals surface area contributed by atoms with Gasteiger partial charge in [0.05, 0.1) is 8.48 Å². The molecule has 1 aromatic rings. The molecule has 7 heteroatoms. The lowest BCUT2D eigenvalue weighted by atomic mass is 10.1. The summed E-state index contributed by atoms with van der Waals surface area (Å²) in [5, 5.41) is 10.2. The number of halogens is 2. The van der Waals surface area contributed by atoms with Crippen LogP contribution >= 0.6 is 46.0 Å². The maximum absolute atomic E-state index is 12.3. The van der Waals surface area contributed by atoms with Gasteiger partial charge < -0.3 is 5.11 Å². The average Bonchev–Trinajstić information content (AvgIpc) is 2.69. The molecule has 1 atom stereocenters. The minimum atomic E-state index is -0.325. The molecule has 21 heavy (non-hydrogen) atoms. The van der Waals surface area contributed by atoms with Crippen LogP contribution < -0.4 is 0 Å². The topological polar surface area (TPSA) is 57.6 Å². The Morgan fingerprint density at radius 2 is 2.14 bits per heavy atom. The van der Waals surface area contributed by atoms with Crippen molar-refractivity contribution in [2.24, 2.45) is 0 Å². The van der Waals surface area contributed by atoms with Crippen molar-refractivity contribution in [2.45, 2.75) is 26.3 Å². The maximum atomic E-state index is 12.3. The van der Waals surface area contributed by atoms with Crippen molar-refractivity contribution < 1.29 is 14.7 Å². The van der Waals surface area contributed by atoms with Crippen molar-refractivity contribution in [1.29, 1.82) is 0 Å². The number of hydrogen-bond acceptors (Lipinski definition) is 4. The van der Waals surface area contributed by atoms with Gasteiger partial charge in [-0.05, 0) is 65.9 Å². The maximum Gasteiger partial charge on any atom is 0.293 e. The van der Waals surface area contributed by atoms with E-state index < -0.39 is 0 Å². The Bertz CT molecular complexity index is 647. The molecule has 1 N–H and O–H groups in total. The van der Waals surface area contributed by atoms with Crippen LogP contribution in [0.25, 0.3) is 6.08 Å². The summed E-state index contributed by atoms with van der Waals surface area (Å²) < 4.78 is 0.590. The number of phenolic OH excluding ortho intramolecular Hbond substituents is 1. The molecular formula is C14H13ClINO3S. The van der Waals surface area contributed by atoms with Gasteiger partial charge in [0.1, 0.15) is 5.75 Å². The molecule has 0 aliphatic carbocycles. The molecule has 1 fully saturated rings. The van der Waals surface area contributed by atoms with Gasteiger partial charge in [-0.15, -0.1) is 0 Å². The SMILES string of the molecule is CC[C@@H](C)N1C(=O)S/C(=C/c2cc(Cl)cc(I)c2O)C1=O. The van der Waals surface area contributed by atoms with E-state index in [1.54, 1.807) is 12.1 Å². The summed E-state index contributed by atoms with van der Waals surface area (Å²) in [5.74, 6) is -0.274. The predicted octanol–water partition coefficient (Wildman–Crippen LogP) is 4.49. The molecule has 2 rings (SSSR count). The molecule has 0 bridgehead atoms. The van der Waals surface area contributed by atoms with Crippen molar-refractivity contribution in [3.63, 3.8) is 0 Å². The molecule has 0 radical (unpaired) electrons. The molecule has 1 aliphatic rings. The Labute approximate surface area is 145 Å². The summed E-state index contributed by atoms with van der Waals surface area (Å²) in [6.45, 7) is 3.75. The van der Waals surface area contributed by atoms with E-state index in [4.69, 9.17) is 11.6 Å². The standard InChI is InChI=1S/C14H13ClINO3S/c1-3-7(2)17-13(19)11(21-14(17)20)5-8-4-9(15)6-10(16)12(8)18/h4-7,18H,3H2,1-2H3/b11-5+/t7-/m1/s1. The smallest absolute Gasteiger partial charge is 0.293 e. The Balaban J connectivity index is 2.40. The Hall–Kier alpha value is -0.730. The first-order chi connectivity index (χ1) is 9.85. The number of carbonyl (C=O) groups is 2. The number of hydrogen-bond donors (Lipinski definition) is 1. The number of phenols is 1. The molecule has 112 valence electrons. The summed E-state index contributed by atoms with van der Waals surface area (Å²) in [6, 6.07) is 3.05. The lowest BCUT2D eigenvalue weighted by Crippen LogP contribution is -2.36. The minimum Gasteiger partial charge on any atom is -0.506 e. The fourth-order valence-corrected chi connectivity index (χ4v) is 3.86. The Kier molecular flexibility index (Phi) is 5.21. The third kappa shape index (κ3) is 3.37. The van der Waals surface area contributed by atoms with Crippen LogP contribution in [0, 0.1) is 3.57 Å². The van der Waals surface area contributed by atoms with Crippen molar-refractivity contribution in [1.82, 2.24) is 4.90 Å². The van der Waals surface area contributed by atoms with Gasteiger partial charge in [0.15, 0.2) is 0 Å². The highest BCUT2D eigenvalue weighted by molar-refractivity contribution is 14.1. The van der Waals surface area contributed by atoms with Crippen LogP contribution in [0.3, 0.4) is 0 Å². The largest absolute Gasteiger partial charge is 0.506 e. The van der Waals surface area contributed by atoms with E-state index in [9.17, 15) is 14.7 Å². The highest BCUT2D eigenvalue weighted by Crippen LogP contribution is 2.37. The van der Waals surface area contributed by atoms with Gasteiger partial charge in [0, 0.05) is 16.6 Å². The van der Waals surface area contributed by atoms with Crippen LogP contribution in [0.2, 0.25) is 5.02 Å². The van der Waals surface area contributed by atoms with Crippen LogP contribution in [0.5, 0.6) is 5.75 Å². The van der Waals surface area contributed by atoms with Gasteiger partial charge in [-0.1, -0.05) is 18.5 Å². The van der Waals surface area contributed by atoms with Crippen molar-refractivity contribution in [3.05, 3.63) is 31.2 Å². The normalized spacial score (nSPS) is 18.7. The van der Waals surface area contributed by atoms with Crippen LogP contribution in [-0.4, -0.2) is 27.2 Å². The number of thioether (sulfide) groups is 1. The fourth-order valence-electron chi connectivity index (χ4n) is 1.88. The van der Waals surface area contributed by atoms with E-state index in [2.05, 4.69) is 0 Å². The molecule has 1 aliphatic heterocycles. The first-order valence-corrected chi connectivity index (χ1v) is 8.57. The van der Waals surface area contributed by atoms with E-state index in [1.807, 2.05) is 36.4 Å². The zero-order chi connectivity index (χ0) is 15.7. The minimum absolute atomic E-state index is 0.0512. The number of nitrogens with zero attached hydrogens (tertiary/aromatic N) is 1. The number of amides is 2. The highest BCUT2D eigenvalue weighted by Gasteiger charge is 2.37. The Morgan fingerprint density at radius 1 is 1.48 bits per heavy atom. The van der Waals surface area contributed by atoms with Crippen molar-refractivity contribution in [2.75, 3.05) is 0 Å². The lowest BCUT2D eigenvalue weighted by Gasteiger charge is -2.19. The molecule has 1 heterocycles. The van der Waals surface area contributed by atoms with E-state index in [1.165, 1.54) is 11.0 Å². The predicted molar refractivity (Wildman–Crippen MR) is 93.4 cm³/mol. The van der Waals surface area contributed by atoms with Crippen LogP contribution in [0.15, 0.2) is 17.0 Å². The zero-order valence-electron chi connectivity index (χ0n) is 11.4. The van der Waals surface area contributed by atoms with Crippen molar-refractivity contribution in [3.8, 4) is 5.75 Å².